The molecule has 2 aliphatic heterocycles. The summed E-state index contributed by atoms with van der Waals surface area (Å²) in [6.45, 7) is 0.468. The number of carbonyl (C=O) groups excluding carboxylic acids is 2. The van der Waals surface area contributed by atoms with Gasteiger partial charge in [-0.1, -0.05) is 30.3 Å². The monoisotopic (exact) mass is 389 g/mol. The van der Waals surface area contributed by atoms with Crippen molar-refractivity contribution in [2.75, 3.05) is 11.9 Å². The minimum absolute atomic E-state index is 0.0988. The van der Waals surface area contributed by atoms with Crippen molar-refractivity contribution in [1.29, 1.82) is 0 Å². The number of amides is 2. The molecule has 1 fully saturated rings. The summed E-state index contributed by atoms with van der Waals surface area (Å²) in [6, 6.07) is 9.75. The molecule has 4 heterocycles. The first-order valence-corrected chi connectivity index (χ1v) is 9.41. The lowest BCUT2D eigenvalue weighted by atomic mass is 9.67. The molecule has 29 heavy (non-hydrogen) atoms. The Morgan fingerprint density at radius 1 is 1.21 bits per heavy atom. The number of hydrogen-bond acceptors (Lipinski definition) is 6. The maximum absolute atomic E-state index is 13.1. The minimum atomic E-state index is -0.956. The van der Waals surface area contributed by atoms with Crippen LogP contribution in [-0.2, 0) is 11.3 Å². The fourth-order valence-electron chi connectivity index (χ4n) is 4.12. The van der Waals surface area contributed by atoms with Crippen molar-refractivity contribution in [3.05, 3.63) is 65.9 Å². The van der Waals surface area contributed by atoms with E-state index in [-0.39, 0.29) is 17.5 Å². The second-order valence-electron chi connectivity index (χ2n) is 7.52. The van der Waals surface area contributed by atoms with Gasteiger partial charge in [-0.15, -0.1) is 5.10 Å². The van der Waals surface area contributed by atoms with Crippen LogP contribution < -0.4 is 10.2 Å². The number of nitrogens with one attached hydrogen (secondary N) is 1. The highest BCUT2D eigenvalue weighted by molar-refractivity contribution is 6.06. The number of benzene rings is 1. The Balaban J connectivity index is 1.34. The Hall–Kier alpha value is -3.62. The van der Waals surface area contributed by atoms with Crippen molar-refractivity contribution in [3.63, 3.8) is 0 Å². The summed E-state index contributed by atoms with van der Waals surface area (Å²) in [5.74, 6) is 0.0704. The van der Waals surface area contributed by atoms with Crippen molar-refractivity contribution in [3.8, 4) is 0 Å². The van der Waals surface area contributed by atoms with E-state index in [2.05, 4.69) is 25.5 Å². The number of hydrogen-bond donors (Lipinski definition) is 1. The van der Waals surface area contributed by atoms with Crippen LogP contribution in [0, 0.1) is 0 Å². The van der Waals surface area contributed by atoms with E-state index in [1.807, 2.05) is 30.3 Å². The summed E-state index contributed by atoms with van der Waals surface area (Å²) in [4.78, 5) is 37.6. The molecule has 1 saturated carbocycles. The van der Waals surface area contributed by atoms with Gasteiger partial charge in [0, 0.05) is 25.4 Å². The predicted molar refractivity (Wildman–Crippen MR) is 103 cm³/mol. The zero-order valence-electron chi connectivity index (χ0n) is 15.8. The lowest BCUT2D eigenvalue weighted by Gasteiger charge is -2.44. The summed E-state index contributed by atoms with van der Waals surface area (Å²) in [7, 11) is 1.67. The summed E-state index contributed by atoms with van der Waals surface area (Å²) in [5.41, 5.74) is 1.07. The number of nitrogens with zero attached hydrogens (tertiary/aromatic N) is 6. The van der Waals surface area contributed by atoms with Gasteiger partial charge >= 0.3 is 0 Å². The van der Waals surface area contributed by atoms with Crippen LogP contribution in [-0.4, -0.2) is 49.4 Å². The van der Waals surface area contributed by atoms with Gasteiger partial charge < -0.3 is 5.32 Å². The van der Waals surface area contributed by atoms with Crippen molar-refractivity contribution in [2.45, 2.75) is 30.8 Å². The van der Waals surface area contributed by atoms with Crippen LogP contribution in [0.15, 0.2) is 48.9 Å². The van der Waals surface area contributed by atoms with Crippen molar-refractivity contribution in [1.82, 2.24) is 30.3 Å². The molecule has 3 aliphatic rings. The number of rotatable bonds is 4. The van der Waals surface area contributed by atoms with E-state index < -0.39 is 11.4 Å². The van der Waals surface area contributed by atoms with Crippen molar-refractivity contribution < 1.29 is 9.59 Å². The molecular formula is C20H19N7O2. The molecule has 2 aromatic heterocycles. The number of aromatic nitrogens is 5. The van der Waals surface area contributed by atoms with Crippen LogP contribution in [0.4, 0.5) is 5.82 Å². The summed E-state index contributed by atoms with van der Waals surface area (Å²) in [5, 5.41) is 11.4. The smallest absolute Gasteiger partial charge is 0.274 e. The predicted octanol–water partition coefficient (Wildman–Crippen LogP) is 1.14. The second-order valence-corrected chi connectivity index (χ2v) is 7.52. The minimum Gasteiger partial charge on any atom is -0.336 e. The largest absolute Gasteiger partial charge is 0.336 e. The molecule has 2 bridgehead atoms. The zero-order chi connectivity index (χ0) is 20.0. The summed E-state index contributed by atoms with van der Waals surface area (Å²) in [6.07, 6.45) is 5.64. The fraction of sp³-hybridized carbons (Fsp3) is 0.300. The fourth-order valence-corrected chi connectivity index (χ4v) is 4.12. The molecule has 0 spiro atoms. The van der Waals surface area contributed by atoms with E-state index in [1.54, 1.807) is 19.4 Å². The molecule has 0 radical (unpaired) electrons. The van der Waals surface area contributed by atoms with Crippen LogP contribution in [0.5, 0.6) is 0 Å². The highest BCUT2D eigenvalue weighted by Crippen LogP contribution is 2.50. The zero-order valence-corrected chi connectivity index (χ0v) is 15.8. The van der Waals surface area contributed by atoms with Crippen LogP contribution in [0.1, 0.15) is 40.5 Å². The molecule has 6 rings (SSSR count). The Bertz CT molecular complexity index is 1090. The Kier molecular flexibility index (Phi) is 3.90. The van der Waals surface area contributed by atoms with E-state index in [0.717, 1.165) is 11.3 Å². The third-order valence-electron chi connectivity index (χ3n) is 5.60. The van der Waals surface area contributed by atoms with E-state index in [9.17, 15) is 9.59 Å². The van der Waals surface area contributed by atoms with Crippen LogP contribution >= 0.6 is 0 Å². The van der Waals surface area contributed by atoms with Gasteiger partial charge in [0.1, 0.15) is 5.54 Å². The van der Waals surface area contributed by atoms with Gasteiger partial charge in [-0.25, -0.2) is 4.98 Å². The first kappa shape index (κ1) is 17.5. The number of fused-ring (bicyclic) bond motifs is 1. The van der Waals surface area contributed by atoms with Gasteiger partial charge in [0.2, 0.25) is 0 Å². The molecule has 1 aliphatic carbocycles. The molecular weight excluding hydrogens is 370 g/mol. The molecule has 3 aromatic rings. The van der Waals surface area contributed by atoms with Crippen LogP contribution in [0.2, 0.25) is 0 Å². The molecule has 2 amide bonds. The van der Waals surface area contributed by atoms with Crippen molar-refractivity contribution in [2.24, 2.45) is 0 Å². The molecule has 9 heteroatoms. The quantitative estimate of drug-likeness (QED) is 0.717. The van der Waals surface area contributed by atoms with E-state index in [1.165, 1.54) is 15.9 Å². The van der Waals surface area contributed by atoms with E-state index >= 15 is 0 Å². The normalized spacial score (nSPS) is 22.4. The molecule has 0 unspecified atom stereocenters. The number of carbonyl (C=O) groups is 2. The van der Waals surface area contributed by atoms with Gasteiger partial charge in [-0.3, -0.25) is 19.5 Å². The summed E-state index contributed by atoms with van der Waals surface area (Å²) < 4.78 is 0. The van der Waals surface area contributed by atoms with Gasteiger partial charge in [-0.2, -0.15) is 9.90 Å². The SMILES string of the molecule is CN1c2nccnc2[C@H]2C[C@@](NC(=O)c3cnn(Cc4ccccc4)n3)(C2)C1=O. The Morgan fingerprint density at radius 2 is 1.97 bits per heavy atom. The lowest BCUT2D eigenvalue weighted by Crippen LogP contribution is -2.64. The third-order valence-corrected chi connectivity index (χ3v) is 5.60. The number of likely N-dealkylation sites (N-methyl/N-ethyl adjacent to an activating group) is 1. The molecule has 9 nitrogen and oxygen atoms in total. The maximum atomic E-state index is 13.1. The molecule has 0 atom stereocenters. The average molecular weight is 389 g/mol. The standard InChI is InChI=1S/C20H19N7O2/c1-26-17-16(21-7-8-22-17)14-9-20(10-14,19(26)29)24-18(28)15-11-23-27(25-15)12-13-5-3-2-4-6-13/h2-8,11,14H,9-10,12H2,1H3,(H,24,28)/t14-,20+. The maximum Gasteiger partial charge on any atom is 0.274 e. The van der Waals surface area contributed by atoms with Crippen LogP contribution in [0.3, 0.4) is 0 Å². The van der Waals surface area contributed by atoms with Gasteiger partial charge in [0.05, 0.1) is 18.4 Å². The van der Waals surface area contributed by atoms with Gasteiger partial charge in [0.15, 0.2) is 11.5 Å². The van der Waals surface area contributed by atoms with Gasteiger partial charge in [-0.05, 0) is 18.4 Å². The van der Waals surface area contributed by atoms with Gasteiger partial charge in [0.25, 0.3) is 11.8 Å². The Morgan fingerprint density at radius 3 is 2.76 bits per heavy atom. The molecule has 1 aromatic carbocycles. The van der Waals surface area contributed by atoms with E-state index in [0.29, 0.717) is 25.2 Å². The third kappa shape index (κ3) is 2.86. The first-order valence-electron chi connectivity index (χ1n) is 9.41. The highest BCUT2D eigenvalue weighted by Gasteiger charge is 2.57. The first-order chi connectivity index (χ1) is 14.1. The van der Waals surface area contributed by atoms with E-state index in [4.69, 9.17) is 0 Å². The summed E-state index contributed by atoms with van der Waals surface area (Å²) >= 11 is 0. The average Bonchev–Trinajstić information content (AvgIpc) is 3.13. The Labute approximate surface area is 166 Å². The second kappa shape index (κ2) is 6.47. The molecule has 0 saturated heterocycles. The topological polar surface area (TPSA) is 106 Å². The molecule has 1 N–H and O–H groups in total. The lowest BCUT2D eigenvalue weighted by molar-refractivity contribution is -0.127. The molecule has 146 valence electrons. The van der Waals surface area contributed by atoms with Crippen molar-refractivity contribution >= 4 is 17.6 Å². The number of anilines is 1. The highest BCUT2D eigenvalue weighted by atomic mass is 16.2. The van der Waals surface area contributed by atoms with Crippen LogP contribution in [0.25, 0.3) is 0 Å².